The number of nitrogens with zero attached hydrogens (tertiary/aromatic N) is 4. The number of nitrogens with one attached hydrogen (secondary N) is 3. The molecule has 4 amide bonds. The number of aromatic nitrogens is 2. The summed E-state index contributed by atoms with van der Waals surface area (Å²) in [5.41, 5.74) is -0.781. The zero-order chi connectivity index (χ0) is 28.3. The Bertz CT molecular complexity index is 1230. The summed E-state index contributed by atoms with van der Waals surface area (Å²) in [5.74, 6) is -1.54. The second-order valence-electron chi connectivity index (χ2n) is 13.3. The van der Waals surface area contributed by atoms with Crippen LogP contribution in [0.25, 0.3) is 0 Å². The van der Waals surface area contributed by atoms with Crippen LogP contribution in [0.5, 0.6) is 0 Å². The minimum absolute atomic E-state index is 0.0541. The van der Waals surface area contributed by atoms with E-state index < -0.39 is 29.4 Å². The molecule has 1 aromatic rings. The SMILES string of the molecule is CC1(C)C2CN(C(=O)[C@@H](NC(=O)c3cnccn3)C(C)(C)C)C(C(=O)N[C@H](C#N)C[C@@H]3CC4(CC4)NC3=O)C21. The molecule has 39 heavy (non-hydrogen) atoms. The Labute approximate surface area is 228 Å². The molecular weight excluding hydrogens is 498 g/mol. The lowest BCUT2D eigenvalue weighted by Crippen LogP contribution is -2.59. The lowest BCUT2D eigenvalue weighted by Gasteiger charge is -2.37. The van der Waals surface area contributed by atoms with Gasteiger partial charge in [-0.3, -0.25) is 24.2 Å². The molecule has 3 heterocycles. The minimum Gasteiger partial charge on any atom is -0.350 e. The zero-order valence-corrected chi connectivity index (χ0v) is 23.2. The fraction of sp³-hybridized carbons (Fsp3) is 0.679. The van der Waals surface area contributed by atoms with Gasteiger partial charge in [0.2, 0.25) is 17.7 Å². The highest BCUT2D eigenvalue weighted by molar-refractivity contribution is 5.98. The number of piperidine rings is 1. The summed E-state index contributed by atoms with van der Waals surface area (Å²) in [4.78, 5) is 62.6. The molecule has 5 rings (SSSR count). The van der Waals surface area contributed by atoms with E-state index in [0.29, 0.717) is 13.0 Å². The van der Waals surface area contributed by atoms with Gasteiger partial charge in [0.05, 0.1) is 12.3 Å². The van der Waals surface area contributed by atoms with Crippen molar-refractivity contribution in [2.45, 2.75) is 84.0 Å². The monoisotopic (exact) mass is 535 g/mol. The van der Waals surface area contributed by atoms with E-state index in [9.17, 15) is 24.4 Å². The first-order chi connectivity index (χ1) is 18.3. The van der Waals surface area contributed by atoms with Crippen LogP contribution in [0.1, 0.15) is 70.8 Å². The van der Waals surface area contributed by atoms with Gasteiger partial charge in [-0.15, -0.1) is 0 Å². The van der Waals surface area contributed by atoms with E-state index in [1.165, 1.54) is 18.6 Å². The first kappa shape index (κ1) is 27.0. The molecule has 1 aromatic heterocycles. The normalized spacial score (nSPS) is 29.0. The van der Waals surface area contributed by atoms with Crippen LogP contribution in [-0.2, 0) is 14.4 Å². The summed E-state index contributed by atoms with van der Waals surface area (Å²) in [6, 6.07) is -0.363. The van der Waals surface area contributed by atoms with E-state index in [1.807, 2.05) is 20.8 Å². The van der Waals surface area contributed by atoms with Crippen LogP contribution in [0.4, 0.5) is 0 Å². The van der Waals surface area contributed by atoms with Crippen LogP contribution in [0.3, 0.4) is 0 Å². The van der Waals surface area contributed by atoms with Crippen molar-refractivity contribution < 1.29 is 19.2 Å². The summed E-state index contributed by atoms with van der Waals surface area (Å²) in [6.07, 6.45) is 7.04. The second-order valence-corrected chi connectivity index (χ2v) is 13.3. The number of amides is 4. The third-order valence-electron chi connectivity index (χ3n) is 9.19. The largest absolute Gasteiger partial charge is 0.350 e. The molecule has 3 unspecified atom stereocenters. The highest BCUT2D eigenvalue weighted by Gasteiger charge is 2.70. The van der Waals surface area contributed by atoms with Gasteiger partial charge >= 0.3 is 0 Å². The van der Waals surface area contributed by atoms with Gasteiger partial charge in [-0.2, -0.15) is 5.26 Å². The average Bonchev–Trinajstić information content (AvgIpc) is 3.60. The van der Waals surface area contributed by atoms with Gasteiger partial charge in [0.25, 0.3) is 5.91 Å². The molecule has 11 nitrogen and oxygen atoms in total. The molecule has 3 N–H and O–H groups in total. The van der Waals surface area contributed by atoms with Gasteiger partial charge in [-0.25, -0.2) is 4.98 Å². The molecule has 2 aliphatic heterocycles. The Morgan fingerprint density at radius 3 is 2.51 bits per heavy atom. The first-order valence-corrected chi connectivity index (χ1v) is 13.7. The van der Waals surface area contributed by atoms with E-state index in [4.69, 9.17) is 0 Å². The van der Waals surface area contributed by atoms with Crippen molar-refractivity contribution in [2.75, 3.05) is 6.54 Å². The Morgan fingerprint density at radius 2 is 1.95 bits per heavy atom. The van der Waals surface area contributed by atoms with E-state index >= 15 is 0 Å². The number of fused-ring (bicyclic) bond motifs is 1. The lowest BCUT2D eigenvalue weighted by atomic mass is 9.85. The fourth-order valence-electron chi connectivity index (χ4n) is 6.58. The Kier molecular flexibility index (Phi) is 6.43. The predicted octanol–water partition coefficient (Wildman–Crippen LogP) is 1.17. The van der Waals surface area contributed by atoms with Crippen molar-refractivity contribution in [3.05, 3.63) is 24.3 Å². The van der Waals surface area contributed by atoms with E-state index in [2.05, 4.69) is 45.8 Å². The molecule has 11 heteroatoms. The van der Waals surface area contributed by atoms with E-state index in [1.54, 1.807) is 4.90 Å². The minimum atomic E-state index is -0.911. The summed E-state index contributed by atoms with van der Waals surface area (Å²) in [5, 5.41) is 18.5. The van der Waals surface area contributed by atoms with Crippen LogP contribution in [0.2, 0.25) is 0 Å². The topological polar surface area (TPSA) is 157 Å². The average molecular weight is 536 g/mol. The number of likely N-dealkylation sites (tertiary alicyclic amines) is 1. The molecule has 2 aliphatic carbocycles. The highest BCUT2D eigenvalue weighted by atomic mass is 16.2. The molecule has 0 aromatic carbocycles. The molecule has 6 atom stereocenters. The third-order valence-corrected chi connectivity index (χ3v) is 9.19. The van der Waals surface area contributed by atoms with Crippen LogP contribution < -0.4 is 16.0 Å². The van der Waals surface area contributed by atoms with Crippen LogP contribution in [0, 0.1) is 39.9 Å². The van der Waals surface area contributed by atoms with Crippen molar-refractivity contribution in [1.82, 2.24) is 30.8 Å². The number of rotatable bonds is 7. The zero-order valence-electron chi connectivity index (χ0n) is 23.2. The summed E-state index contributed by atoms with van der Waals surface area (Å²) in [7, 11) is 0. The standard InChI is InChI=1S/C28H37N7O4/c1-26(2,3)21(33-23(37)18-13-30-8-9-31-18)25(39)35-14-17-19(27(17,4)5)20(35)24(38)32-16(12-29)10-15-11-28(6-7-28)34-22(15)36/h8-9,13,15-17,19-21H,6-7,10-11,14H2,1-5H3,(H,32,38)(H,33,37)(H,34,36)/t15-,16+,17?,19?,20?,21-/m1/s1. The summed E-state index contributed by atoms with van der Waals surface area (Å²) in [6.45, 7) is 10.1. The molecule has 4 aliphatic rings. The number of carbonyl (C=O) groups is 4. The van der Waals surface area contributed by atoms with Crippen molar-refractivity contribution >= 4 is 23.6 Å². The maximum Gasteiger partial charge on any atom is 0.272 e. The van der Waals surface area contributed by atoms with Crippen molar-refractivity contribution in [2.24, 2.45) is 28.6 Å². The maximum atomic E-state index is 14.0. The number of carbonyl (C=O) groups excluding carboxylic acids is 4. The van der Waals surface area contributed by atoms with E-state index in [-0.39, 0.29) is 58.5 Å². The van der Waals surface area contributed by atoms with Gasteiger partial charge in [0.1, 0.15) is 23.8 Å². The predicted molar refractivity (Wildman–Crippen MR) is 139 cm³/mol. The first-order valence-electron chi connectivity index (χ1n) is 13.7. The van der Waals surface area contributed by atoms with Crippen LogP contribution in [0.15, 0.2) is 18.6 Å². The Balaban J connectivity index is 1.32. The quantitative estimate of drug-likeness (QED) is 0.473. The van der Waals surface area contributed by atoms with Gasteiger partial charge in [-0.1, -0.05) is 34.6 Å². The number of hydrogen-bond donors (Lipinski definition) is 3. The van der Waals surface area contributed by atoms with Crippen molar-refractivity contribution in [3.8, 4) is 6.07 Å². The molecule has 0 radical (unpaired) electrons. The van der Waals surface area contributed by atoms with Crippen molar-refractivity contribution in [3.63, 3.8) is 0 Å². The molecule has 2 saturated carbocycles. The summed E-state index contributed by atoms with van der Waals surface area (Å²) >= 11 is 0. The highest BCUT2D eigenvalue weighted by Crippen LogP contribution is 2.65. The van der Waals surface area contributed by atoms with Gasteiger partial charge in [0.15, 0.2) is 0 Å². The van der Waals surface area contributed by atoms with Crippen LogP contribution in [-0.4, -0.2) is 68.7 Å². The molecular formula is C28H37N7O4. The molecule has 0 bridgehead atoms. The number of nitriles is 1. The number of hydrogen-bond acceptors (Lipinski definition) is 7. The molecule has 4 fully saturated rings. The van der Waals surface area contributed by atoms with Gasteiger partial charge < -0.3 is 20.9 Å². The van der Waals surface area contributed by atoms with Crippen LogP contribution >= 0.6 is 0 Å². The second kappa shape index (κ2) is 9.28. The summed E-state index contributed by atoms with van der Waals surface area (Å²) < 4.78 is 0. The molecule has 2 saturated heterocycles. The third kappa shape index (κ3) is 4.97. The van der Waals surface area contributed by atoms with Gasteiger partial charge in [0, 0.05) is 30.4 Å². The lowest BCUT2D eigenvalue weighted by molar-refractivity contribution is -0.143. The Hall–Kier alpha value is -3.55. The fourth-order valence-corrected chi connectivity index (χ4v) is 6.58. The molecule has 208 valence electrons. The van der Waals surface area contributed by atoms with Gasteiger partial charge in [-0.05, 0) is 48.3 Å². The Morgan fingerprint density at radius 1 is 1.23 bits per heavy atom. The smallest absolute Gasteiger partial charge is 0.272 e. The van der Waals surface area contributed by atoms with E-state index in [0.717, 1.165) is 12.8 Å². The van der Waals surface area contributed by atoms with Crippen molar-refractivity contribution in [1.29, 1.82) is 5.26 Å². The maximum absolute atomic E-state index is 14.0. The molecule has 1 spiro atoms.